The highest BCUT2D eigenvalue weighted by molar-refractivity contribution is 5.07. The summed E-state index contributed by atoms with van der Waals surface area (Å²) in [5, 5.41) is 9.85. The third kappa shape index (κ3) is 1.38. The summed E-state index contributed by atoms with van der Waals surface area (Å²) < 4.78 is 5.16. The minimum atomic E-state index is -0.549. The molecule has 1 aliphatic heterocycles. The zero-order valence-electron chi connectivity index (χ0n) is 7.16. The number of likely N-dealkylation sites (tertiary alicyclic amines) is 1. The third-order valence-corrected chi connectivity index (χ3v) is 2.21. The number of aliphatic hydroxyl groups is 1. The van der Waals surface area contributed by atoms with Crippen LogP contribution in [0.4, 0.5) is 0 Å². The Bertz CT molecular complexity index is 250. The van der Waals surface area contributed by atoms with Crippen LogP contribution in [0.15, 0.2) is 22.8 Å². The highest BCUT2D eigenvalue weighted by atomic mass is 16.3. The van der Waals surface area contributed by atoms with E-state index in [2.05, 4.69) is 4.90 Å². The third-order valence-electron chi connectivity index (χ3n) is 2.21. The Hall–Kier alpha value is -0.800. The summed E-state index contributed by atoms with van der Waals surface area (Å²) in [6.07, 6.45) is 2.27. The van der Waals surface area contributed by atoms with Crippen LogP contribution in [0, 0.1) is 0 Å². The van der Waals surface area contributed by atoms with Crippen molar-refractivity contribution in [2.75, 3.05) is 20.1 Å². The van der Waals surface area contributed by atoms with Crippen molar-refractivity contribution in [1.82, 2.24) is 4.90 Å². The van der Waals surface area contributed by atoms with Crippen LogP contribution in [0.25, 0.3) is 0 Å². The first-order valence-electron chi connectivity index (χ1n) is 4.11. The van der Waals surface area contributed by atoms with E-state index in [1.165, 1.54) is 0 Å². The SMILES string of the molecule is CN1CC(O)(Cc2ccco2)C1. The molecule has 0 aromatic carbocycles. The second-order valence-electron chi connectivity index (χ2n) is 3.65. The van der Waals surface area contributed by atoms with Crippen molar-refractivity contribution in [3.05, 3.63) is 24.2 Å². The summed E-state index contributed by atoms with van der Waals surface area (Å²) >= 11 is 0. The number of nitrogens with zero attached hydrogens (tertiary/aromatic N) is 1. The van der Waals surface area contributed by atoms with Gasteiger partial charge in [-0.15, -0.1) is 0 Å². The van der Waals surface area contributed by atoms with Crippen molar-refractivity contribution in [2.45, 2.75) is 12.0 Å². The Morgan fingerprint density at radius 2 is 2.42 bits per heavy atom. The van der Waals surface area contributed by atoms with Crippen LogP contribution in [0.2, 0.25) is 0 Å². The van der Waals surface area contributed by atoms with Crippen LogP contribution in [0.3, 0.4) is 0 Å². The summed E-state index contributed by atoms with van der Waals surface area (Å²) in [5.41, 5.74) is -0.549. The van der Waals surface area contributed by atoms with Gasteiger partial charge in [-0.1, -0.05) is 0 Å². The normalized spacial score (nSPS) is 22.2. The lowest BCUT2D eigenvalue weighted by Gasteiger charge is -2.44. The summed E-state index contributed by atoms with van der Waals surface area (Å²) in [4.78, 5) is 2.09. The number of furan rings is 1. The highest BCUT2D eigenvalue weighted by Gasteiger charge is 2.39. The van der Waals surface area contributed by atoms with E-state index >= 15 is 0 Å². The molecule has 0 radical (unpaired) electrons. The molecule has 66 valence electrons. The first kappa shape index (κ1) is 7.83. The topological polar surface area (TPSA) is 36.6 Å². The fourth-order valence-electron chi connectivity index (χ4n) is 1.81. The van der Waals surface area contributed by atoms with Gasteiger partial charge in [0.05, 0.1) is 11.9 Å². The van der Waals surface area contributed by atoms with E-state index in [-0.39, 0.29) is 0 Å². The monoisotopic (exact) mass is 167 g/mol. The number of rotatable bonds is 2. The predicted octanol–water partition coefficient (Wildman–Crippen LogP) is 0.499. The Balaban J connectivity index is 1.96. The van der Waals surface area contributed by atoms with Crippen LogP contribution in [0.5, 0.6) is 0 Å². The number of β-amino-alcohol motifs (C(OH)–C–C–N with tert-alkyl or cyclic N) is 1. The fraction of sp³-hybridized carbons (Fsp3) is 0.556. The molecule has 0 spiro atoms. The second-order valence-corrected chi connectivity index (χ2v) is 3.65. The molecule has 1 N–H and O–H groups in total. The molecule has 0 bridgehead atoms. The quantitative estimate of drug-likeness (QED) is 0.696. The molecular formula is C9H13NO2. The highest BCUT2D eigenvalue weighted by Crippen LogP contribution is 2.23. The molecule has 1 aliphatic rings. The van der Waals surface area contributed by atoms with Gasteiger partial charge < -0.3 is 14.4 Å². The van der Waals surface area contributed by atoms with Crippen LogP contribution in [-0.2, 0) is 6.42 Å². The molecule has 2 heterocycles. The van der Waals surface area contributed by atoms with Crippen LogP contribution in [-0.4, -0.2) is 35.7 Å². The minimum Gasteiger partial charge on any atom is -0.469 e. The fourth-order valence-corrected chi connectivity index (χ4v) is 1.81. The maximum atomic E-state index is 9.85. The number of hydrogen-bond donors (Lipinski definition) is 1. The summed E-state index contributed by atoms with van der Waals surface area (Å²) in [6, 6.07) is 3.75. The van der Waals surface area contributed by atoms with Crippen molar-refractivity contribution in [3.63, 3.8) is 0 Å². The van der Waals surface area contributed by atoms with Crippen molar-refractivity contribution >= 4 is 0 Å². The van der Waals surface area contributed by atoms with Gasteiger partial charge in [-0.2, -0.15) is 0 Å². The van der Waals surface area contributed by atoms with Crippen LogP contribution >= 0.6 is 0 Å². The van der Waals surface area contributed by atoms with Crippen LogP contribution < -0.4 is 0 Å². The molecule has 0 atom stereocenters. The largest absolute Gasteiger partial charge is 0.469 e. The van der Waals surface area contributed by atoms with Gasteiger partial charge in [0.2, 0.25) is 0 Å². The number of likely N-dealkylation sites (N-methyl/N-ethyl adjacent to an activating group) is 1. The molecule has 3 nitrogen and oxygen atoms in total. The van der Waals surface area contributed by atoms with Gasteiger partial charge in [-0.3, -0.25) is 0 Å². The van der Waals surface area contributed by atoms with Gasteiger partial charge in [-0.05, 0) is 19.2 Å². The van der Waals surface area contributed by atoms with Crippen molar-refractivity contribution in [1.29, 1.82) is 0 Å². The first-order valence-corrected chi connectivity index (χ1v) is 4.11. The van der Waals surface area contributed by atoms with E-state index < -0.39 is 5.60 Å². The Labute approximate surface area is 71.6 Å². The molecule has 1 aromatic rings. The Morgan fingerprint density at radius 3 is 2.92 bits per heavy atom. The molecule has 0 aliphatic carbocycles. The molecular weight excluding hydrogens is 154 g/mol. The summed E-state index contributed by atoms with van der Waals surface area (Å²) in [6.45, 7) is 1.49. The summed E-state index contributed by atoms with van der Waals surface area (Å²) in [5.74, 6) is 0.866. The van der Waals surface area contributed by atoms with E-state index in [1.807, 2.05) is 19.2 Å². The lowest BCUT2D eigenvalue weighted by molar-refractivity contribution is -0.0874. The molecule has 1 fully saturated rings. The van der Waals surface area contributed by atoms with E-state index in [0.29, 0.717) is 6.42 Å². The van der Waals surface area contributed by atoms with Crippen molar-refractivity contribution < 1.29 is 9.52 Å². The Kier molecular flexibility index (Phi) is 1.70. The average molecular weight is 167 g/mol. The lowest BCUT2D eigenvalue weighted by atomic mass is 9.90. The van der Waals surface area contributed by atoms with Crippen molar-refractivity contribution in [2.24, 2.45) is 0 Å². The first-order chi connectivity index (χ1) is 5.68. The van der Waals surface area contributed by atoms with Gasteiger partial charge in [0.1, 0.15) is 5.76 Å². The minimum absolute atomic E-state index is 0.549. The van der Waals surface area contributed by atoms with Gasteiger partial charge in [-0.25, -0.2) is 0 Å². The number of hydrogen-bond acceptors (Lipinski definition) is 3. The van der Waals surface area contributed by atoms with Gasteiger partial charge in [0.15, 0.2) is 0 Å². The van der Waals surface area contributed by atoms with E-state index in [0.717, 1.165) is 18.8 Å². The molecule has 12 heavy (non-hydrogen) atoms. The Morgan fingerprint density at radius 1 is 1.67 bits per heavy atom. The van der Waals surface area contributed by atoms with Crippen molar-refractivity contribution in [3.8, 4) is 0 Å². The molecule has 0 amide bonds. The second kappa shape index (κ2) is 2.61. The predicted molar refractivity (Wildman–Crippen MR) is 44.9 cm³/mol. The van der Waals surface area contributed by atoms with Gasteiger partial charge >= 0.3 is 0 Å². The molecule has 1 saturated heterocycles. The lowest BCUT2D eigenvalue weighted by Crippen LogP contribution is -2.61. The molecule has 2 rings (SSSR count). The smallest absolute Gasteiger partial charge is 0.106 e. The van der Waals surface area contributed by atoms with E-state index in [9.17, 15) is 5.11 Å². The van der Waals surface area contributed by atoms with Crippen LogP contribution in [0.1, 0.15) is 5.76 Å². The molecule has 1 aromatic heterocycles. The standard InChI is InChI=1S/C9H13NO2/c1-10-6-9(11,7-10)5-8-3-2-4-12-8/h2-4,11H,5-7H2,1H3. The zero-order valence-corrected chi connectivity index (χ0v) is 7.16. The van der Waals surface area contributed by atoms with E-state index in [1.54, 1.807) is 6.26 Å². The van der Waals surface area contributed by atoms with Gasteiger partial charge in [0.25, 0.3) is 0 Å². The van der Waals surface area contributed by atoms with E-state index in [4.69, 9.17) is 4.42 Å². The average Bonchev–Trinajstić information content (AvgIpc) is 2.36. The maximum absolute atomic E-state index is 9.85. The molecule has 0 saturated carbocycles. The zero-order chi connectivity index (χ0) is 8.60. The summed E-state index contributed by atoms with van der Waals surface area (Å²) in [7, 11) is 2.00. The molecule has 3 heteroatoms. The molecule has 0 unspecified atom stereocenters. The van der Waals surface area contributed by atoms with Gasteiger partial charge in [0, 0.05) is 19.5 Å². The maximum Gasteiger partial charge on any atom is 0.106 e.